The first kappa shape index (κ1) is 24.9. The van der Waals surface area contributed by atoms with Crippen LogP contribution in [0.1, 0.15) is 52.0 Å². The molecule has 4 unspecified atom stereocenters. The van der Waals surface area contributed by atoms with Crippen LogP contribution in [0.5, 0.6) is 0 Å². The van der Waals surface area contributed by atoms with Gasteiger partial charge in [-0.25, -0.2) is 0 Å². The van der Waals surface area contributed by atoms with E-state index >= 15 is 0 Å². The van der Waals surface area contributed by atoms with Gasteiger partial charge in [-0.2, -0.15) is 0 Å². The van der Waals surface area contributed by atoms with Gasteiger partial charge in [-0.15, -0.1) is 5.10 Å². The van der Waals surface area contributed by atoms with Gasteiger partial charge < -0.3 is 9.64 Å². The molecule has 0 N–H and O–H groups in total. The number of carbonyl (C=O) groups is 2. The van der Waals surface area contributed by atoms with Crippen molar-refractivity contribution in [1.29, 1.82) is 0 Å². The molecule has 4 atom stereocenters. The zero-order valence-electron chi connectivity index (χ0n) is 22.0. The number of fused-ring (bicyclic) bond motifs is 3. The Bertz CT molecular complexity index is 1080. The summed E-state index contributed by atoms with van der Waals surface area (Å²) in [6.45, 7) is 10.6. The summed E-state index contributed by atoms with van der Waals surface area (Å²) in [5.41, 5.74) is 3.42. The lowest BCUT2D eigenvalue weighted by molar-refractivity contribution is -0.152. The average molecular weight is 494 g/mol. The predicted octanol–water partition coefficient (Wildman–Crippen LogP) is 3.36. The quantitative estimate of drug-likeness (QED) is 0.594. The molecule has 1 amide bonds. The van der Waals surface area contributed by atoms with Crippen molar-refractivity contribution < 1.29 is 14.3 Å². The van der Waals surface area contributed by atoms with Crippen LogP contribution in [0.15, 0.2) is 30.5 Å². The summed E-state index contributed by atoms with van der Waals surface area (Å²) in [4.78, 5) is 29.6. The smallest absolute Gasteiger partial charge is 0.308 e. The Morgan fingerprint density at radius 2 is 1.78 bits per heavy atom. The van der Waals surface area contributed by atoms with Crippen LogP contribution in [0.25, 0.3) is 11.3 Å². The van der Waals surface area contributed by atoms with Crippen molar-refractivity contribution in [3.05, 3.63) is 36.0 Å². The van der Waals surface area contributed by atoms with Crippen LogP contribution in [0.2, 0.25) is 0 Å². The van der Waals surface area contributed by atoms with Crippen molar-refractivity contribution in [3.8, 4) is 11.3 Å². The van der Waals surface area contributed by atoms with Crippen molar-refractivity contribution >= 4 is 11.9 Å². The second-order valence-corrected chi connectivity index (χ2v) is 11.8. The van der Waals surface area contributed by atoms with E-state index in [1.54, 1.807) is 0 Å². The van der Waals surface area contributed by atoms with Gasteiger partial charge in [-0.05, 0) is 49.1 Å². The number of aromatic nitrogens is 3. The molecule has 36 heavy (non-hydrogen) atoms. The average Bonchev–Trinajstić information content (AvgIpc) is 3.36. The first-order valence-corrected chi connectivity index (χ1v) is 13.3. The molecular weight excluding hydrogens is 454 g/mol. The number of amides is 1. The Kier molecular flexibility index (Phi) is 6.90. The number of nitrogens with zero attached hydrogens (tertiary/aromatic N) is 5. The van der Waals surface area contributed by atoms with Crippen molar-refractivity contribution in [1.82, 2.24) is 24.8 Å². The highest BCUT2D eigenvalue weighted by Crippen LogP contribution is 2.38. The Labute approximate surface area is 214 Å². The first-order chi connectivity index (χ1) is 17.2. The summed E-state index contributed by atoms with van der Waals surface area (Å²) >= 11 is 0. The summed E-state index contributed by atoms with van der Waals surface area (Å²) in [5, 5.41) is 8.86. The molecular formula is C28H39N5O3. The maximum absolute atomic E-state index is 13.4. The monoisotopic (exact) mass is 493 g/mol. The lowest BCUT2D eigenvalue weighted by atomic mass is 9.74. The summed E-state index contributed by atoms with van der Waals surface area (Å²) in [6, 6.07) is 9.00. The highest BCUT2D eigenvalue weighted by molar-refractivity contribution is 5.80. The van der Waals surface area contributed by atoms with E-state index in [2.05, 4.69) is 60.2 Å². The van der Waals surface area contributed by atoms with E-state index in [1.807, 2.05) is 15.8 Å². The van der Waals surface area contributed by atoms with Gasteiger partial charge >= 0.3 is 5.97 Å². The number of esters is 1. The van der Waals surface area contributed by atoms with Crippen molar-refractivity contribution in [2.45, 2.75) is 64.5 Å². The fraction of sp³-hybridized carbons (Fsp3) is 0.643. The van der Waals surface area contributed by atoms with Crippen LogP contribution >= 0.6 is 0 Å². The molecule has 6 rings (SSSR count). The molecule has 4 saturated heterocycles. The first-order valence-electron chi connectivity index (χ1n) is 13.3. The summed E-state index contributed by atoms with van der Waals surface area (Å²) in [6.07, 6.45) is 5.55. The van der Waals surface area contributed by atoms with Gasteiger partial charge in [-0.3, -0.25) is 19.2 Å². The third kappa shape index (κ3) is 5.05. The fourth-order valence-corrected chi connectivity index (χ4v) is 6.22. The van der Waals surface area contributed by atoms with Crippen LogP contribution < -0.4 is 0 Å². The molecule has 0 aliphatic carbocycles. The van der Waals surface area contributed by atoms with Gasteiger partial charge in [0.25, 0.3) is 0 Å². The number of likely N-dealkylation sites (tertiary alicyclic amines) is 1. The van der Waals surface area contributed by atoms with Gasteiger partial charge in [-0.1, -0.05) is 50.3 Å². The standard InChI is InChI=1S/C28H39N5O3/c1-28(2,3)22-7-5-19(6-8-22)25-18-33(30-29-25)16-23-15-21-11-14-32(23)17-24(21)26(34)31-12-9-20(10-13-31)27(35)36-4/h5-8,18,20-21,23-24H,9-17H2,1-4H3. The van der Waals surface area contributed by atoms with Crippen LogP contribution in [0.3, 0.4) is 0 Å². The van der Waals surface area contributed by atoms with E-state index in [9.17, 15) is 9.59 Å². The number of rotatable bonds is 5. The number of methoxy groups -OCH3 is 1. The van der Waals surface area contributed by atoms with Crippen LogP contribution in [0.4, 0.5) is 0 Å². The Balaban J connectivity index is 1.17. The molecule has 8 heteroatoms. The number of hydrogen-bond donors (Lipinski definition) is 0. The zero-order valence-corrected chi connectivity index (χ0v) is 22.0. The Morgan fingerprint density at radius 3 is 2.39 bits per heavy atom. The van der Waals surface area contributed by atoms with E-state index < -0.39 is 0 Å². The van der Waals surface area contributed by atoms with E-state index in [0.29, 0.717) is 37.9 Å². The summed E-state index contributed by atoms with van der Waals surface area (Å²) < 4.78 is 6.85. The van der Waals surface area contributed by atoms with E-state index in [0.717, 1.165) is 43.7 Å². The highest BCUT2D eigenvalue weighted by Gasteiger charge is 2.45. The molecule has 1 aromatic heterocycles. The summed E-state index contributed by atoms with van der Waals surface area (Å²) in [7, 11) is 1.44. The SMILES string of the molecule is COC(=O)C1CCN(C(=O)C2CN3CCC2CC3Cn2cc(-c3ccc(C(C)(C)C)cc3)nn2)CC1. The highest BCUT2D eigenvalue weighted by atomic mass is 16.5. The van der Waals surface area contributed by atoms with Crippen molar-refractivity contribution in [2.24, 2.45) is 17.8 Å². The number of ether oxygens (including phenoxy) is 1. The van der Waals surface area contributed by atoms with Crippen LogP contribution in [-0.4, -0.2) is 76.0 Å². The molecule has 2 bridgehead atoms. The Hall–Kier alpha value is -2.74. The lowest BCUT2D eigenvalue weighted by Gasteiger charge is -2.50. The van der Waals surface area contributed by atoms with Gasteiger partial charge in [0.2, 0.25) is 5.91 Å². The van der Waals surface area contributed by atoms with Gasteiger partial charge in [0.05, 0.1) is 31.7 Å². The van der Waals surface area contributed by atoms with E-state index in [1.165, 1.54) is 12.7 Å². The van der Waals surface area contributed by atoms with Gasteiger partial charge in [0.1, 0.15) is 5.69 Å². The van der Waals surface area contributed by atoms with Crippen LogP contribution in [-0.2, 0) is 26.3 Å². The molecule has 4 fully saturated rings. The van der Waals surface area contributed by atoms with E-state index in [4.69, 9.17) is 4.74 Å². The molecule has 8 nitrogen and oxygen atoms in total. The molecule has 5 heterocycles. The number of hydrogen-bond acceptors (Lipinski definition) is 6. The molecule has 0 radical (unpaired) electrons. The zero-order chi connectivity index (χ0) is 25.4. The molecule has 194 valence electrons. The Morgan fingerprint density at radius 1 is 1.06 bits per heavy atom. The number of carbonyl (C=O) groups excluding carboxylic acids is 2. The largest absolute Gasteiger partial charge is 0.469 e. The predicted molar refractivity (Wildman–Crippen MR) is 137 cm³/mol. The van der Waals surface area contributed by atoms with Crippen molar-refractivity contribution in [2.75, 3.05) is 33.3 Å². The van der Waals surface area contributed by atoms with Crippen molar-refractivity contribution in [3.63, 3.8) is 0 Å². The minimum absolute atomic E-state index is 0.0670. The van der Waals surface area contributed by atoms with Gasteiger partial charge in [0.15, 0.2) is 0 Å². The third-order valence-electron chi connectivity index (χ3n) is 8.52. The minimum Gasteiger partial charge on any atom is -0.469 e. The number of piperidine rings is 4. The molecule has 2 aromatic rings. The van der Waals surface area contributed by atoms with E-state index in [-0.39, 0.29) is 29.1 Å². The lowest BCUT2D eigenvalue weighted by Crippen LogP contribution is -2.59. The topological polar surface area (TPSA) is 80.6 Å². The minimum atomic E-state index is -0.147. The second-order valence-electron chi connectivity index (χ2n) is 11.8. The molecule has 1 aromatic carbocycles. The van der Waals surface area contributed by atoms with Gasteiger partial charge in [0, 0.05) is 31.2 Å². The fourth-order valence-electron chi connectivity index (χ4n) is 6.22. The molecule has 0 spiro atoms. The summed E-state index contributed by atoms with van der Waals surface area (Å²) in [5.74, 6) is 0.536. The number of benzene rings is 1. The maximum atomic E-state index is 13.4. The molecule has 0 saturated carbocycles. The van der Waals surface area contributed by atoms with Crippen LogP contribution in [0, 0.1) is 17.8 Å². The normalized spacial score (nSPS) is 26.7. The second kappa shape index (κ2) is 9.96. The maximum Gasteiger partial charge on any atom is 0.308 e. The molecule has 4 aliphatic rings. The molecule has 4 aliphatic heterocycles. The third-order valence-corrected chi connectivity index (χ3v) is 8.52.